The van der Waals surface area contributed by atoms with E-state index in [2.05, 4.69) is 40.8 Å². The molecule has 0 spiro atoms. The van der Waals surface area contributed by atoms with Crippen LogP contribution in [0.15, 0.2) is 71.6 Å². The van der Waals surface area contributed by atoms with E-state index < -0.39 is 0 Å². The first-order valence-electron chi connectivity index (χ1n) is 10.1. The number of hydrogen-bond acceptors (Lipinski definition) is 5. The third kappa shape index (κ3) is 6.04. The third-order valence-corrected chi connectivity index (χ3v) is 5.21. The molecule has 0 radical (unpaired) electrons. The number of ether oxygens (including phenoxy) is 1. The van der Waals surface area contributed by atoms with Crippen molar-refractivity contribution in [3.05, 3.63) is 72.2 Å². The Labute approximate surface area is 182 Å². The normalized spacial score (nSPS) is 11.9. The molecule has 0 aliphatic rings. The quantitative estimate of drug-likeness (QED) is 0.219. The first-order chi connectivity index (χ1) is 14.7. The van der Waals surface area contributed by atoms with Crippen LogP contribution in [0.4, 0.5) is 0 Å². The van der Waals surface area contributed by atoms with E-state index in [1.807, 2.05) is 48.7 Å². The Kier molecular flexibility index (Phi) is 8.21. The van der Waals surface area contributed by atoms with Crippen molar-refractivity contribution in [1.29, 1.82) is 0 Å². The van der Waals surface area contributed by atoms with Crippen molar-refractivity contribution < 1.29 is 4.74 Å². The molecule has 0 saturated carbocycles. The topological polar surface area (TPSA) is 47.4 Å². The number of hydrogen-bond donors (Lipinski definition) is 0. The lowest BCUT2D eigenvalue weighted by Crippen LogP contribution is -1.96. The Morgan fingerprint density at radius 1 is 1.10 bits per heavy atom. The van der Waals surface area contributed by atoms with Gasteiger partial charge in [0.05, 0.1) is 23.2 Å². The van der Waals surface area contributed by atoms with E-state index in [1.165, 1.54) is 0 Å². The first kappa shape index (κ1) is 21.8. The second-order valence-electron chi connectivity index (χ2n) is 6.78. The van der Waals surface area contributed by atoms with Crippen LogP contribution >= 0.6 is 11.8 Å². The molecule has 0 aliphatic heterocycles. The van der Waals surface area contributed by atoms with Gasteiger partial charge in [0, 0.05) is 12.1 Å². The van der Waals surface area contributed by atoms with Gasteiger partial charge >= 0.3 is 0 Å². The van der Waals surface area contributed by atoms with Gasteiger partial charge in [-0.05, 0) is 55.4 Å². The molecule has 0 fully saturated rings. The Hall–Kier alpha value is -2.92. The molecular formula is C25H27N3OS. The summed E-state index contributed by atoms with van der Waals surface area (Å²) in [6.07, 6.45) is 7.62. The van der Waals surface area contributed by atoms with Crippen molar-refractivity contribution in [1.82, 2.24) is 9.97 Å². The predicted molar refractivity (Wildman–Crippen MR) is 130 cm³/mol. The van der Waals surface area contributed by atoms with Gasteiger partial charge in [-0.3, -0.25) is 4.99 Å². The maximum atomic E-state index is 5.51. The summed E-state index contributed by atoms with van der Waals surface area (Å²) in [6, 6.07) is 16.1. The fourth-order valence-electron chi connectivity index (χ4n) is 3.09. The zero-order chi connectivity index (χ0) is 21.2. The maximum Gasteiger partial charge on any atom is 0.240 e. The molecule has 0 bridgehead atoms. The van der Waals surface area contributed by atoms with E-state index >= 15 is 0 Å². The molecule has 1 heterocycles. The lowest BCUT2D eigenvalue weighted by Gasteiger charge is -2.09. The highest BCUT2D eigenvalue weighted by molar-refractivity contribution is 8.16. The zero-order valence-electron chi connectivity index (χ0n) is 17.5. The molecule has 5 heteroatoms. The van der Waals surface area contributed by atoms with Gasteiger partial charge < -0.3 is 4.74 Å². The van der Waals surface area contributed by atoms with E-state index in [4.69, 9.17) is 9.72 Å². The van der Waals surface area contributed by atoms with Crippen LogP contribution in [0.2, 0.25) is 0 Å². The largest absolute Gasteiger partial charge is 0.479 e. The van der Waals surface area contributed by atoms with E-state index in [1.54, 1.807) is 18.9 Å². The Bertz CT molecular complexity index is 1060. The first-order valence-corrected chi connectivity index (χ1v) is 11.0. The minimum absolute atomic E-state index is 0.542. The average molecular weight is 418 g/mol. The highest BCUT2D eigenvalue weighted by Gasteiger charge is 2.11. The lowest BCUT2D eigenvalue weighted by molar-refractivity contribution is 0.400. The fourth-order valence-corrected chi connectivity index (χ4v) is 3.50. The fraction of sp³-hybridized carbons (Fsp3) is 0.240. The number of fused-ring (bicyclic) bond motifs is 1. The number of aromatic nitrogens is 2. The van der Waals surface area contributed by atoms with Gasteiger partial charge in [-0.1, -0.05) is 60.8 Å². The van der Waals surface area contributed by atoms with Gasteiger partial charge in [-0.15, -0.1) is 0 Å². The Morgan fingerprint density at radius 3 is 2.67 bits per heavy atom. The summed E-state index contributed by atoms with van der Waals surface area (Å²) < 4.78 is 5.51. The molecule has 2 aromatic carbocycles. The molecule has 3 rings (SSSR count). The molecule has 0 N–H and O–H groups in total. The van der Waals surface area contributed by atoms with Crippen LogP contribution in [0, 0.1) is 0 Å². The van der Waals surface area contributed by atoms with Crippen LogP contribution in [0.1, 0.15) is 31.7 Å². The average Bonchev–Trinajstić information content (AvgIpc) is 2.78. The number of unbranched alkanes of at least 4 members (excludes halogenated alkanes) is 2. The van der Waals surface area contributed by atoms with Crippen LogP contribution in [-0.4, -0.2) is 28.7 Å². The molecule has 0 unspecified atom stereocenters. The van der Waals surface area contributed by atoms with Crippen molar-refractivity contribution >= 4 is 33.9 Å². The smallest absolute Gasteiger partial charge is 0.240 e. The SMILES string of the molecule is C=CSC(C)=NCCCC/C=C/c1cccc(-c2nc3ccccc3nc2OC)c1. The van der Waals surface area contributed by atoms with Crippen molar-refractivity contribution in [3.63, 3.8) is 0 Å². The number of methoxy groups -OCH3 is 1. The van der Waals surface area contributed by atoms with Crippen molar-refractivity contribution in [3.8, 4) is 17.1 Å². The summed E-state index contributed by atoms with van der Waals surface area (Å²) in [5.41, 5.74) is 4.59. The van der Waals surface area contributed by atoms with Crippen molar-refractivity contribution in [2.75, 3.05) is 13.7 Å². The van der Waals surface area contributed by atoms with Gasteiger partial charge in [0.2, 0.25) is 5.88 Å². The summed E-state index contributed by atoms with van der Waals surface area (Å²) in [4.78, 5) is 13.9. The third-order valence-electron chi connectivity index (χ3n) is 4.57. The highest BCUT2D eigenvalue weighted by atomic mass is 32.2. The molecule has 4 nitrogen and oxygen atoms in total. The predicted octanol–water partition coefficient (Wildman–Crippen LogP) is 6.78. The Balaban J connectivity index is 1.65. The van der Waals surface area contributed by atoms with Gasteiger partial charge in [-0.25, -0.2) is 9.97 Å². The van der Waals surface area contributed by atoms with E-state index in [-0.39, 0.29) is 0 Å². The standard InChI is InChI=1S/C25H27N3OS/c1-4-30-19(2)26-17-10-6-5-7-12-20-13-11-14-21(18-20)24-25(29-3)28-23-16-9-8-15-22(23)27-24/h4,7-9,11-16,18H,1,5-6,10,17H2,2-3H3/b12-7+,26-19?. The molecule has 0 aliphatic carbocycles. The lowest BCUT2D eigenvalue weighted by atomic mass is 10.1. The van der Waals surface area contributed by atoms with Gasteiger partial charge in [-0.2, -0.15) is 0 Å². The van der Waals surface area contributed by atoms with Gasteiger partial charge in [0.15, 0.2) is 0 Å². The summed E-state index contributed by atoms with van der Waals surface area (Å²) in [6.45, 7) is 6.60. The molecule has 0 atom stereocenters. The second-order valence-corrected chi connectivity index (χ2v) is 7.94. The van der Waals surface area contributed by atoms with Gasteiger partial charge in [0.25, 0.3) is 0 Å². The van der Waals surface area contributed by atoms with Crippen LogP contribution < -0.4 is 4.74 Å². The van der Waals surface area contributed by atoms with Crippen LogP contribution in [0.5, 0.6) is 5.88 Å². The number of rotatable bonds is 9. The molecular weight excluding hydrogens is 390 g/mol. The maximum absolute atomic E-state index is 5.51. The number of benzene rings is 2. The Morgan fingerprint density at radius 2 is 1.90 bits per heavy atom. The minimum Gasteiger partial charge on any atom is -0.479 e. The molecule has 3 aromatic rings. The number of nitrogens with zero attached hydrogens (tertiary/aromatic N) is 3. The monoisotopic (exact) mass is 417 g/mol. The number of allylic oxidation sites excluding steroid dienone is 1. The van der Waals surface area contributed by atoms with Crippen molar-refractivity contribution in [2.24, 2.45) is 4.99 Å². The summed E-state index contributed by atoms with van der Waals surface area (Å²) in [7, 11) is 1.63. The van der Waals surface area contributed by atoms with Crippen LogP contribution in [0.3, 0.4) is 0 Å². The van der Waals surface area contributed by atoms with Crippen LogP contribution in [-0.2, 0) is 0 Å². The summed E-state index contributed by atoms with van der Waals surface area (Å²) >= 11 is 1.58. The van der Waals surface area contributed by atoms with Gasteiger partial charge in [0.1, 0.15) is 5.69 Å². The zero-order valence-corrected chi connectivity index (χ0v) is 18.4. The number of aliphatic imine (C=N–C) groups is 1. The highest BCUT2D eigenvalue weighted by Crippen LogP contribution is 2.29. The summed E-state index contributed by atoms with van der Waals surface area (Å²) in [5.74, 6) is 0.542. The molecule has 0 amide bonds. The van der Waals surface area contributed by atoms with E-state index in [0.29, 0.717) is 5.88 Å². The molecule has 1 aromatic heterocycles. The van der Waals surface area contributed by atoms with E-state index in [0.717, 1.165) is 58.7 Å². The number of para-hydroxylation sites is 2. The van der Waals surface area contributed by atoms with Crippen molar-refractivity contribution in [2.45, 2.75) is 26.2 Å². The molecule has 0 saturated heterocycles. The minimum atomic E-state index is 0.542. The number of thioether (sulfide) groups is 1. The van der Waals surface area contributed by atoms with E-state index in [9.17, 15) is 0 Å². The van der Waals surface area contributed by atoms with Crippen LogP contribution in [0.25, 0.3) is 28.4 Å². The molecule has 30 heavy (non-hydrogen) atoms. The molecule has 154 valence electrons. The summed E-state index contributed by atoms with van der Waals surface area (Å²) in [5, 5.41) is 2.89. The second kappa shape index (κ2) is 11.3.